The summed E-state index contributed by atoms with van der Waals surface area (Å²) in [6, 6.07) is 11.0. The summed E-state index contributed by atoms with van der Waals surface area (Å²) >= 11 is 0. The summed E-state index contributed by atoms with van der Waals surface area (Å²) in [6.07, 6.45) is 0.392. The van der Waals surface area contributed by atoms with Crippen molar-refractivity contribution in [2.45, 2.75) is 25.9 Å². The van der Waals surface area contributed by atoms with Gasteiger partial charge in [-0.2, -0.15) is 0 Å². The van der Waals surface area contributed by atoms with Crippen LogP contribution in [0, 0.1) is 11.6 Å². The lowest BCUT2D eigenvalue weighted by molar-refractivity contribution is 0.177. The molecule has 0 saturated heterocycles. The first kappa shape index (κ1) is 13.7. The van der Waals surface area contributed by atoms with Crippen LogP contribution in [0.1, 0.15) is 29.7 Å². The topological polar surface area (TPSA) is 20.2 Å². The molecule has 2 aromatic rings. The van der Waals surface area contributed by atoms with E-state index >= 15 is 0 Å². The highest BCUT2D eigenvalue weighted by Crippen LogP contribution is 2.20. The van der Waals surface area contributed by atoms with Gasteiger partial charge in [-0.3, -0.25) is 0 Å². The minimum Gasteiger partial charge on any atom is -0.388 e. The van der Waals surface area contributed by atoms with Gasteiger partial charge in [0.05, 0.1) is 6.10 Å². The van der Waals surface area contributed by atoms with E-state index in [1.54, 1.807) is 0 Å². The fourth-order valence-corrected chi connectivity index (χ4v) is 2.02. The van der Waals surface area contributed by atoms with Gasteiger partial charge in [0.15, 0.2) is 0 Å². The lowest BCUT2D eigenvalue weighted by Gasteiger charge is -2.12. The van der Waals surface area contributed by atoms with Crippen molar-refractivity contribution in [2.24, 2.45) is 0 Å². The van der Waals surface area contributed by atoms with Crippen molar-refractivity contribution < 1.29 is 13.9 Å². The number of aliphatic hydroxyl groups excluding tert-OH is 1. The van der Waals surface area contributed by atoms with Crippen LogP contribution < -0.4 is 0 Å². The highest BCUT2D eigenvalue weighted by molar-refractivity contribution is 5.26. The number of hydrogen-bond acceptors (Lipinski definition) is 1. The van der Waals surface area contributed by atoms with Crippen LogP contribution in [0.3, 0.4) is 0 Å². The van der Waals surface area contributed by atoms with Gasteiger partial charge in [0, 0.05) is 12.5 Å². The molecule has 1 unspecified atom stereocenters. The molecule has 0 aliphatic heterocycles. The van der Waals surface area contributed by atoms with E-state index < -0.39 is 17.7 Å². The molecule has 1 N–H and O–H groups in total. The number of rotatable bonds is 4. The Balaban J connectivity index is 2.13. The second-order valence-electron chi connectivity index (χ2n) is 4.59. The molecule has 0 heterocycles. The van der Waals surface area contributed by atoms with Crippen molar-refractivity contribution in [1.82, 2.24) is 0 Å². The van der Waals surface area contributed by atoms with Crippen LogP contribution in [-0.4, -0.2) is 5.11 Å². The number of benzene rings is 2. The summed E-state index contributed by atoms with van der Waals surface area (Å²) in [7, 11) is 0. The smallest absolute Gasteiger partial charge is 0.126 e. The van der Waals surface area contributed by atoms with Crippen LogP contribution in [0.5, 0.6) is 0 Å². The third-order valence-electron chi connectivity index (χ3n) is 3.13. The number of halogens is 2. The van der Waals surface area contributed by atoms with Crippen molar-refractivity contribution in [1.29, 1.82) is 0 Å². The van der Waals surface area contributed by atoms with Gasteiger partial charge in [-0.05, 0) is 35.2 Å². The Labute approximate surface area is 111 Å². The fraction of sp³-hybridized carbons (Fsp3) is 0.250. The second-order valence-corrected chi connectivity index (χ2v) is 4.59. The Morgan fingerprint density at radius 1 is 0.947 bits per heavy atom. The molecule has 0 amide bonds. The lowest BCUT2D eigenvalue weighted by atomic mass is 10.00. The van der Waals surface area contributed by atoms with E-state index in [0.717, 1.165) is 30.2 Å². The van der Waals surface area contributed by atoms with Crippen LogP contribution in [0.4, 0.5) is 8.78 Å². The average molecular weight is 262 g/mol. The molecule has 0 aromatic heterocycles. The van der Waals surface area contributed by atoms with Crippen molar-refractivity contribution in [3.63, 3.8) is 0 Å². The van der Waals surface area contributed by atoms with Crippen molar-refractivity contribution >= 4 is 0 Å². The quantitative estimate of drug-likeness (QED) is 0.888. The molecule has 0 fully saturated rings. The van der Waals surface area contributed by atoms with Gasteiger partial charge in [-0.25, -0.2) is 8.78 Å². The zero-order chi connectivity index (χ0) is 13.8. The fourth-order valence-electron chi connectivity index (χ4n) is 2.02. The third kappa shape index (κ3) is 3.61. The van der Waals surface area contributed by atoms with Crippen molar-refractivity contribution in [3.05, 3.63) is 70.8 Å². The van der Waals surface area contributed by atoms with Crippen LogP contribution >= 0.6 is 0 Å². The van der Waals surface area contributed by atoms with Gasteiger partial charge >= 0.3 is 0 Å². The van der Waals surface area contributed by atoms with Gasteiger partial charge in [-0.15, -0.1) is 0 Å². The molecule has 3 heteroatoms. The first-order chi connectivity index (χ1) is 9.08. The second kappa shape index (κ2) is 5.93. The predicted octanol–water partition coefficient (Wildman–Crippen LogP) is 3.80. The SMILES string of the molecule is CCc1ccc(CC(O)c2cc(F)cc(F)c2)cc1. The maximum absolute atomic E-state index is 13.1. The van der Waals surface area contributed by atoms with Gasteiger partial charge in [-0.1, -0.05) is 31.2 Å². The molecule has 100 valence electrons. The number of aryl methyl sites for hydroxylation is 1. The zero-order valence-electron chi connectivity index (χ0n) is 10.7. The molecule has 1 nitrogen and oxygen atoms in total. The summed E-state index contributed by atoms with van der Waals surface area (Å²) in [5.41, 5.74) is 2.42. The Morgan fingerprint density at radius 2 is 1.47 bits per heavy atom. The Kier molecular flexibility index (Phi) is 4.27. The number of hydrogen-bond donors (Lipinski definition) is 1. The van der Waals surface area contributed by atoms with E-state index in [1.807, 2.05) is 24.3 Å². The standard InChI is InChI=1S/C16H16F2O/c1-2-11-3-5-12(6-4-11)7-16(19)13-8-14(17)10-15(18)9-13/h3-6,8-10,16,19H,2,7H2,1H3. The molecule has 0 bridgehead atoms. The maximum Gasteiger partial charge on any atom is 0.126 e. The van der Waals surface area contributed by atoms with E-state index in [9.17, 15) is 13.9 Å². The summed E-state index contributed by atoms with van der Waals surface area (Å²) in [4.78, 5) is 0. The summed E-state index contributed by atoms with van der Waals surface area (Å²) in [5.74, 6) is -1.34. The van der Waals surface area contributed by atoms with E-state index in [1.165, 1.54) is 5.56 Å². The van der Waals surface area contributed by atoms with Gasteiger partial charge in [0.25, 0.3) is 0 Å². The zero-order valence-corrected chi connectivity index (χ0v) is 10.7. The normalized spacial score (nSPS) is 12.4. The minimum atomic E-state index is -0.905. The van der Waals surface area contributed by atoms with Crippen LogP contribution in [0.25, 0.3) is 0 Å². The molecule has 2 rings (SSSR count). The monoisotopic (exact) mass is 262 g/mol. The number of aliphatic hydroxyl groups is 1. The van der Waals surface area contributed by atoms with Gasteiger partial charge in [0.1, 0.15) is 11.6 Å². The molecular weight excluding hydrogens is 246 g/mol. The Morgan fingerprint density at radius 3 is 2.00 bits per heavy atom. The first-order valence-electron chi connectivity index (χ1n) is 6.30. The molecule has 0 radical (unpaired) electrons. The summed E-state index contributed by atoms with van der Waals surface area (Å²) in [6.45, 7) is 2.07. The third-order valence-corrected chi connectivity index (χ3v) is 3.13. The first-order valence-corrected chi connectivity index (χ1v) is 6.30. The molecule has 0 aliphatic carbocycles. The summed E-state index contributed by atoms with van der Waals surface area (Å²) < 4.78 is 26.1. The van der Waals surface area contributed by atoms with Crippen molar-refractivity contribution in [2.75, 3.05) is 0 Å². The summed E-state index contributed by atoms with van der Waals surface area (Å²) in [5, 5.41) is 10.0. The van der Waals surface area contributed by atoms with Crippen LogP contribution in [-0.2, 0) is 12.8 Å². The molecular formula is C16H16F2O. The van der Waals surface area contributed by atoms with E-state index in [-0.39, 0.29) is 5.56 Å². The van der Waals surface area contributed by atoms with E-state index in [0.29, 0.717) is 6.42 Å². The highest BCUT2D eigenvalue weighted by Gasteiger charge is 2.11. The molecule has 19 heavy (non-hydrogen) atoms. The predicted molar refractivity (Wildman–Crippen MR) is 70.8 cm³/mol. The van der Waals surface area contributed by atoms with Crippen molar-refractivity contribution in [3.8, 4) is 0 Å². The lowest BCUT2D eigenvalue weighted by Crippen LogP contribution is -2.03. The molecule has 2 aromatic carbocycles. The molecule has 0 aliphatic rings. The van der Waals surface area contributed by atoms with Crippen LogP contribution in [0.2, 0.25) is 0 Å². The van der Waals surface area contributed by atoms with Gasteiger partial charge < -0.3 is 5.11 Å². The molecule has 0 spiro atoms. The molecule has 1 atom stereocenters. The van der Waals surface area contributed by atoms with E-state index in [4.69, 9.17) is 0 Å². The van der Waals surface area contributed by atoms with Crippen LogP contribution in [0.15, 0.2) is 42.5 Å². The Hall–Kier alpha value is -1.74. The Bertz CT molecular complexity index is 529. The minimum absolute atomic E-state index is 0.261. The maximum atomic E-state index is 13.1. The van der Waals surface area contributed by atoms with E-state index in [2.05, 4.69) is 6.92 Å². The average Bonchev–Trinajstić information content (AvgIpc) is 2.38. The largest absolute Gasteiger partial charge is 0.388 e. The van der Waals surface area contributed by atoms with Gasteiger partial charge in [0.2, 0.25) is 0 Å². The molecule has 0 saturated carbocycles. The highest BCUT2D eigenvalue weighted by atomic mass is 19.1.